The lowest BCUT2D eigenvalue weighted by Gasteiger charge is -2.15. The third-order valence-corrected chi connectivity index (χ3v) is 4.62. The van der Waals surface area contributed by atoms with E-state index in [-0.39, 0.29) is 0 Å². The molecule has 1 aromatic rings. The van der Waals surface area contributed by atoms with Crippen LogP contribution < -0.4 is 0 Å². The molecule has 1 aromatic carbocycles. The van der Waals surface area contributed by atoms with Crippen LogP contribution in [0.2, 0.25) is 0 Å². The average Bonchev–Trinajstić information content (AvgIpc) is 2.71. The maximum Gasteiger partial charge on any atom is 0.105 e. The van der Waals surface area contributed by atoms with E-state index >= 15 is 0 Å². The van der Waals surface area contributed by atoms with Crippen molar-refractivity contribution in [3.8, 4) is 0 Å². The van der Waals surface area contributed by atoms with Crippen LogP contribution >= 0.6 is 31.9 Å². The number of hydrogen-bond donors (Lipinski definition) is 0. The van der Waals surface area contributed by atoms with E-state index in [0.29, 0.717) is 0 Å². The van der Waals surface area contributed by atoms with E-state index in [4.69, 9.17) is 4.99 Å². The van der Waals surface area contributed by atoms with E-state index in [9.17, 15) is 0 Å². The number of nitrogens with zero attached hydrogens (tertiary/aromatic N) is 2. The molecule has 2 nitrogen and oxygen atoms in total. The molecule has 0 spiro atoms. The van der Waals surface area contributed by atoms with Gasteiger partial charge in [0.15, 0.2) is 0 Å². The first-order valence-corrected chi connectivity index (χ1v) is 7.07. The summed E-state index contributed by atoms with van der Waals surface area (Å²) in [5.74, 6) is 1.22. The van der Waals surface area contributed by atoms with Gasteiger partial charge >= 0.3 is 0 Å². The zero-order valence-corrected chi connectivity index (χ0v) is 12.4. The highest BCUT2D eigenvalue weighted by atomic mass is 79.9. The van der Waals surface area contributed by atoms with Crippen LogP contribution in [0.25, 0.3) is 0 Å². The summed E-state index contributed by atoms with van der Waals surface area (Å²) in [6, 6.07) is 6.10. The summed E-state index contributed by atoms with van der Waals surface area (Å²) in [7, 11) is 0. The quantitative estimate of drug-likeness (QED) is 0.777. The smallest absolute Gasteiger partial charge is 0.105 e. The van der Waals surface area contributed by atoms with E-state index < -0.39 is 0 Å². The van der Waals surface area contributed by atoms with Crippen LogP contribution in [-0.2, 0) is 0 Å². The Morgan fingerprint density at radius 3 is 2.81 bits per heavy atom. The van der Waals surface area contributed by atoms with Gasteiger partial charge in [0.1, 0.15) is 5.84 Å². The Morgan fingerprint density at radius 2 is 2.12 bits per heavy atom. The van der Waals surface area contributed by atoms with Crippen molar-refractivity contribution in [1.29, 1.82) is 0 Å². The summed E-state index contributed by atoms with van der Waals surface area (Å²) in [5.41, 5.74) is 1.02. The lowest BCUT2D eigenvalue weighted by molar-refractivity contribution is 0.479. The predicted molar refractivity (Wildman–Crippen MR) is 75.4 cm³/mol. The van der Waals surface area contributed by atoms with Crippen molar-refractivity contribution in [2.24, 2.45) is 4.99 Å². The first-order chi connectivity index (χ1) is 7.70. The maximum atomic E-state index is 4.70. The van der Waals surface area contributed by atoms with Gasteiger partial charge in [0, 0.05) is 28.5 Å². The van der Waals surface area contributed by atoms with E-state index in [1.165, 1.54) is 12.3 Å². The molecule has 0 aromatic heterocycles. The van der Waals surface area contributed by atoms with Crippen LogP contribution in [-0.4, -0.2) is 23.8 Å². The highest BCUT2D eigenvalue weighted by Crippen LogP contribution is 2.28. The molecule has 0 aliphatic carbocycles. The molecule has 1 aliphatic rings. The van der Waals surface area contributed by atoms with Crippen molar-refractivity contribution < 1.29 is 0 Å². The number of hydrogen-bond acceptors (Lipinski definition) is 1. The molecular weight excluding hydrogens is 332 g/mol. The molecule has 0 saturated carbocycles. The van der Waals surface area contributed by atoms with Crippen molar-refractivity contribution in [2.75, 3.05) is 13.1 Å². The Kier molecular flexibility index (Phi) is 4.03. The van der Waals surface area contributed by atoms with Crippen molar-refractivity contribution in [2.45, 2.75) is 19.8 Å². The summed E-state index contributed by atoms with van der Waals surface area (Å²) >= 11 is 6.96. The van der Waals surface area contributed by atoms with Crippen molar-refractivity contribution in [3.05, 3.63) is 27.1 Å². The zero-order chi connectivity index (χ0) is 11.5. The molecule has 1 aliphatic heterocycles. The zero-order valence-electron chi connectivity index (χ0n) is 9.21. The number of halogens is 2. The van der Waals surface area contributed by atoms with Gasteiger partial charge in [-0.15, -0.1) is 0 Å². The Hall–Kier alpha value is -0.350. The summed E-state index contributed by atoms with van der Waals surface area (Å²) in [6.45, 7) is 4.38. The second kappa shape index (κ2) is 5.32. The van der Waals surface area contributed by atoms with Crippen molar-refractivity contribution >= 4 is 43.4 Å². The van der Waals surface area contributed by atoms with Crippen LogP contribution in [0.3, 0.4) is 0 Å². The SMILES string of the molecule is CCN1CCCC1=Nc1ccc(Br)c(Br)c1. The second-order valence-electron chi connectivity index (χ2n) is 3.81. The van der Waals surface area contributed by atoms with Gasteiger partial charge in [0.2, 0.25) is 0 Å². The monoisotopic (exact) mass is 344 g/mol. The van der Waals surface area contributed by atoms with Crippen LogP contribution in [0.1, 0.15) is 19.8 Å². The summed E-state index contributed by atoms with van der Waals surface area (Å²) in [5, 5.41) is 0. The Balaban J connectivity index is 2.25. The lowest BCUT2D eigenvalue weighted by Crippen LogP contribution is -2.23. The fourth-order valence-electron chi connectivity index (χ4n) is 1.89. The molecule has 0 amide bonds. The van der Waals surface area contributed by atoms with Gasteiger partial charge in [0.25, 0.3) is 0 Å². The normalized spacial score (nSPS) is 18.4. The molecule has 0 bridgehead atoms. The highest BCUT2D eigenvalue weighted by Gasteiger charge is 2.16. The standard InChI is InChI=1S/C12H14Br2N2/c1-2-16-7-3-4-12(16)15-9-5-6-10(13)11(14)8-9/h5-6,8H,2-4,7H2,1H3. The van der Waals surface area contributed by atoms with E-state index in [1.807, 2.05) is 18.2 Å². The fourth-order valence-corrected chi connectivity index (χ4v) is 2.50. The van der Waals surface area contributed by atoms with Crippen LogP contribution in [0, 0.1) is 0 Å². The lowest BCUT2D eigenvalue weighted by atomic mass is 10.3. The minimum Gasteiger partial charge on any atom is -0.360 e. The summed E-state index contributed by atoms with van der Waals surface area (Å²) in [4.78, 5) is 7.05. The number of aliphatic imine (C=N–C) groups is 1. The molecule has 16 heavy (non-hydrogen) atoms. The third kappa shape index (κ3) is 2.66. The van der Waals surface area contributed by atoms with Gasteiger partial charge in [0.05, 0.1) is 5.69 Å². The molecule has 0 N–H and O–H groups in total. The Morgan fingerprint density at radius 1 is 1.31 bits per heavy atom. The molecule has 1 heterocycles. The van der Waals surface area contributed by atoms with Gasteiger partial charge in [-0.25, -0.2) is 4.99 Å². The topological polar surface area (TPSA) is 15.6 Å². The maximum absolute atomic E-state index is 4.70. The second-order valence-corrected chi connectivity index (χ2v) is 5.52. The van der Waals surface area contributed by atoms with Gasteiger partial charge in [-0.3, -0.25) is 0 Å². The number of rotatable bonds is 2. The van der Waals surface area contributed by atoms with Crippen LogP contribution in [0.15, 0.2) is 32.1 Å². The van der Waals surface area contributed by atoms with Gasteiger partial charge in [-0.1, -0.05) is 0 Å². The number of likely N-dealkylation sites (tertiary alicyclic amines) is 1. The first kappa shape index (κ1) is 12.1. The largest absolute Gasteiger partial charge is 0.360 e. The van der Waals surface area contributed by atoms with E-state index in [2.05, 4.69) is 43.7 Å². The van der Waals surface area contributed by atoms with Crippen LogP contribution in [0.4, 0.5) is 5.69 Å². The fraction of sp³-hybridized carbons (Fsp3) is 0.417. The first-order valence-electron chi connectivity index (χ1n) is 5.48. The summed E-state index contributed by atoms with van der Waals surface area (Å²) in [6.07, 6.45) is 2.33. The van der Waals surface area contributed by atoms with Gasteiger partial charge in [-0.2, -0.15) is 0 Å². The van der Waals surface area contributed by atoms with Crippen molar-refractivity contribution in [3.63, 3.8) is 0 Å². The molecular formula is C12H14Br2N2. The Bertz CT molecular complexity index is 415. The van der Waals surface area contributed by atoms with E-state index in [1.54, 1.807) is 0 Å². The molecule has 0 radical (unpaired) electrons. The molecule has 4 heteroatoms. The van der Waals surface area contributed by atoms with Gasteiger partial charge < -0.3 is 4.90 Å². The molecule has 2 rings (SSSR count). The number of amidine groups is 1. The molecule has 86 valence electrons. The van der Waals surface area contributed by atoms with Crippen LogP contribution in [0.5, 0.6) is 0 Å². The molecule has 0 atom stereocenters. The minimum atomic E-state index is 1.02. The van der Waals surface area contributed by atoms with Gasteiger partial charge in [-0.05, 0) is 63.4 Å². The highest BCUT2D eigenvalue weighted by molar-refractivity contribution is 9.13. The third-order valence-electron chi connectivity index (χ3n) is 2.74. The average molecular weight is 346 g/mol. The Labute approximate surface area is 113 Å². The minimum absolute atomic E-state index is 1.02. The molecule has 0 unspecified atom stereocenters. The van der Waals surface area contributed by atoms with Crippen molar-refractivity contribution in [1.82, 2.24) is 4.90 Å². The number of benzene rings is 1. The molecule has 1 fully saturated rings. The molecule has 1 saturated heterocycles. The predicted octanol–water partition coefficient (Wildman–Crippen LogP) is 4.36. The summed E-state index contributed by atoms with van der Waals surface area (Å²) < 4.78 is 2.12. The van der Waals surface area contributed by atoms with E-state index in [0.717, 1.165) is 34.1 Å².